The molecule has 126 valence electrons. The molecule has 3 rings (SSSR count). The van der Waals surface area contributed by atoms with Crippen molar-refractivity contribution in [3.63, 3.8) is 0 Å². The van der Waals surface area contributed by atoms with Gasteiger partial charge in [-0.3, -0.25) is 0 Å². The number of carbonyl (C=O) groups is 1. The van der Waals surface area contributed by atoms with Crippen molar-refractivity contribution in [2.45, 2.75) is 17.9 Å². The van der Waals surface area contributed by atoms with Gasteiger partial charge >= 0.3 is 6.03 Å². The van der Waals surface area contributed by atoms with Crippen LogP contribution >= 0.6 is 0 Å². The van der Waals surface area contributed by atoms with Gasteiger partial charge in [0.2, 0.25) is 0 Å². The zero-order valence-corrected chi connectivity index (χ0v) is 14.5. The summed E-state index contributed by atoms with van der Waals surface area (Å²) in [6.45, 7) is 2.79. The summed E-state index contributed by atoms with van der Waals surface area (Å²) in [6, 6.07) is 16.1. The average Bonchev–Trinajstić information content (AvgIpc) is 2.53. The third-order valence-corrected chi connectivity index (χ3v) is 5.39. The van der Waals surface area contributed by atoms with E-state index < -0.39 is 9.84 Å². The molecule has 6 heteroatoms. The molecule has 1 saturated heterocycles. The van der Waals surface area contributed by atoms with Crippen LogP contribution in [0, 0.1) is 5.92 Å². The minimum atomic E-state index is -3.30. The standard InChI is InChI=1S/C18H20N2O3S/c1-13-12-20(17(13)14-7-4-3-5-8-14)18(21)19-15-9-6-10-16(11-15)24(2,22)23/h3-11,13,17H,12H2,1-2H3,(H,19,21)/t13-,17+/m1/s1. The molecule has 0 bridgehead atoms. The Morgan fingerprint density at radius 2 is 1.83 bits per heavy atom. The number of rotatable bonds is 3. The normalized spacial score (nSPS) is 20.3. The van der Waals surface area contributed by atoms with Gasteiger partial charge < -0.3 is 10.2 Å². The van der Waals surface area contributed by atoms with Gasteiger partial charge in [0.25, 0.3) is 0 Å². The zero-order valence-electron chi connectivity index (χ0n) is 13.6. The van der Waals surface area contributed by atoms with E-state index in [-0.39, 0.29) is 17.0 Å². The largest absolute Gasteiger partial charge is 0.322 e. The predicted octanol–water partition coefficient (Wildman–Crippen LogP) is 3.32. The summed E-state index contributed by atoms with van der Waals surface area (Å²) in [7, 11) is -3.30. The Hall–Kier alpha value is -2.34. The number of amides is 2. The predicted molar refractivity (Wildman–Crippen MR) is 93.6 cm³/mol. The minimum absolute atomic E-state index is 0.0456. The molecule has 0 unspecified atom stereocenters. The number of hydrogen-bond acceptors (Lipinski definition) is 3. The van der Waals surface area contributed by atoms with Crippen LogP contribution in [-0.2, 0) is 9.84 Å². The van der Waals surface area contributed by atoms with Crippen molar-refractivity contribution < 1.29 is 13.2 Å². The molecule has 1 heterocycles. The first-order chi connectivity index (χ1) is 11.4. The highest BCUT2D eigenvalue weighted by molar-refractivity contribution is 7.90. The van der Waals surface area contributed by atoms with Crippen molar-refractivity contribution in [1.82, 2.24) is 4.90 Å². The Morgan fingerprint density at radius 3 is 2.46 bits per heavy atom. The number of carbonyl (C=O) groups excluding carboxylic acids is 1. The van der Waals surface area contributed by atoms with Crippen LogP contribution in [0.2, 0.25) is 0 Å². The van der Waals surface area contributed by atoms with Gasteiger partial charge in [0, 0.05) is 18.5 Å². The van der Waals surface area contributed by atoms with Crippen molar-refractivity contribution in [2.24, 2.45) is 5.92 Å². The van der Waals surface area contributed by atoms with Crippen molar-refractivity contribution >= 4 is 21.6 Å². The third kappa shape index (κ3) is 3.28. The van der Waals surface area contributed by atoms with E-state index in [0.717, 1.165) is 11.8 Å². The molecule has 0 aliphatic carbocycles. The van der Waals surface area contributed by atoms with Crippen LogP contribution in [0.5, 0.6) is 0 Å². The summed E-state index contributed by atoms with van der Waals surface area (Å²) in [5.74, 6) is 0.389. The van der Waals surface area contributed by atoms with E-state index >= 15 is 0 Å². The van der Waals surface area contributed by atoms with E-state index in [1.165, 1.54) is 12.1 Å². The lowest BCUT2D eigenvalue weighted by molar-refractivity contribution is 0.0671. The summed E-state index contributed by atoms with van der Waals surface area (Å²) < 4.78 is 23.3. The molecule has 2 atom stereocenters. The maximum Gasteiger partial charge on any atom is 0.322 e. The van der Waals surface area contributed by atoms with Crippen LogP contribution in [0.4, 0.5) is 10.5 Å². The number of urea groups is 1. The maximum absolute atomic E-state index is 12.6. The molecular weight excluding hydrogens is 324 g/mol. The van der Waals surface area contributed by atoms with Crippen molar-refractivity contribution in [2.75, 3.05) is 18.1 Å². The number of hydrogen-bond donors (Lipinski definition) is 1. The molecular formula is C18H20N2O3S. The fourth-order valence-electron chi connectivity index (χ4n) is 3.06. The number of nitrogens with one attached hydrogen (secondary N) is 1. The zero-order chi connectivity index (χ0) is 17.3. The van der Waals surface area contributed by atoms with Gasteiger partial charge in [-0.1, -0.05) is 43.3 Å². The van der Waals surface area contributed by atoms with Crippen LogP contribution in [0.25, 0.3) is 0 Å². The number of likely N-dealkylation sites (tertiary alicyclic amines) is 1. The second kappa shape index (κ2) is 6.28. The van der Waals surface area contributed by atoms with Gasteiger partial charge in [0.05, 0.1) is 10.9 Å². The summed E-state index contributed by atoms with van der Waals surface area (Å²) in [5.41, 5.74) is 1.59. The molecule has 0 spiro atoms. The van der Waals surface area contributed by atoms with Crippen molar-refractivity contribution in [3.8, 4) is 0 Å². The Kier molecular flexibility index (Phi) is 4.32. The fraction of sp³-hybridized carbons (Fsp3) is 0.278. The lowest BCUT2D eigenvalue weighted by Crippen LogP contribution is -2.53. The SMILES string of the molecule is C[C@@H]1CN(C(=O)Nc2cccc(S(C)(=O)=O)c2)[C@@H]1c1ccccc1. The van der Waals surface area contributed by atoms with Crippen LogP contribution in [0.3, 0.4) is 0 Å². The summed E-state index contributed by atoms with van der Waals surface area (Å²) in [4.78, 5) is 14.5. The maximum atomic E-state index is 12.6. The summed E-state index contributed by atoms with van der Waals surface area (Å²) in [5, 5.41) is 2.80. The van der Waals surface area contributed by atoms with Crippen LogP contribution in [0.1, 0.15) is 18.5 Å². The Balaban J connectivity index is 1.76. The van der Waals surface area contributed by atoms with Crippen LogP contribution in [-0.4, -0.2) is 32.1 Å². The first kappa shape index (κ1) is 16.5. The highest BCUT2D eigenvalue weighted by Gasteiger charge is 2.39. The van der Waals surface area contributed by atoms with E-state index in [0.29, 0.717) is 18.2 Å². The smallest absolute Gasteiger partial charge is 0.317 e. The van der Waals surface area contributed by atoms with Crippen molar-refractivity contribution in [1.29, 1.82) is 0 Å². The van der Waals surface area contributed by atoms with E-state index in [9.17, 15) is 13.2 Å². The number of anilines is 1. The molecule has 2 amide bonds. The molecule has 0 radical (unpaired) electrons. The molecule has 0 aromatic heterocycles. The van der Waals surface area contributed by atoms with Crippen molar-refractivity contribution in [3.05, 3.63) is 60.2 Å². The first-order valence-corrected chi connectivity index (χ1v) is 9.68. The van der Waals surface area contributed by atoms with E-state index in [4.69, 9.17) is 0 Å². The second-order valence-corrected chi connectivity index (χ2v) is 8.23. The lowest BCUT2D eigenvalue weighted by atomic mass is 9.85. The molecule has 0 saturated carbocycles. The molecule has 1 aliphatic rings. The lowest BCUT2D eigenvalue weighted by Gasteiger charge is -2.46. The van der Waals surface area contributed by atoms with Gasteiger partial charge in [-0.05, 0) is 29.7 Å². The molecule has 24 heavy (non-hydrogen) atoms. The van der Waals surface area contributed by atoms with Gasteiger partial charge in [-0.25, -0.2) is 13.2 Å². The summed E-state index contributed by atoms with van der Waals surface area (Å²) >= 11 is 0. The molecule has 1 N–H and O–H groups in total. The Labute approximate surface area is 142 Å². The van der Waals surface area contributed by atoms with Gasteiger partial charge in [-0.2, -0.15) is 0 Å². The third-order valence-electron chi connectivity index (χ3n) is 4.27. The number of nitrogens with zero attached hydrogens (tertiary/aromatic N) is 1. The second-order valence-electron chi connectivity index (χ2n) is 6.22. The quantitative estimate of drug-likeness (QED) is 0.929. The van der Waals surface area contributed by atoms with Gasteiger partial charge in [0.1, 0.15) is 0 Å². The average molecular weight is 344 g/mol. The van der Waals surface area contributed by atoms with Gasteiger partial charge in [0.15, 0.2) is 9.84 Å². The van der Waals surface area contributed by atoms with E-state index in [1.54, 1.807) is 17.0 Å². The molecule has 2 aromatic carbocycles. The fourth-order valence-corrected chi connectivity index (χ4v) is 3.73. The number of benzene rings is 2. The summed E-state index contributed by atoms with van der Waals surface area (Å²) in [6.07, 6.45) is 1.15. The molecule has 1 fully saturated rings. The Bertz CT molecular complexity index is 850. The topological polar surface area (TPSA) is 66.5 Å². The van der Waals surface area contributed by atoms with Crippen LogP contribution in [0.15, 0.2) is 59.5 Å². The highest BCUT2D eigenvalue weighted by atomic mass is 32.2. The molecule has 1 aliphatic heterocycles. The first-order valence-electron chi connectivity index (χ1n) is 7.79. The highest BCUT2D eigenvalue weighted by Crippen LogP contribution is 2.38. The Morgan fingerprint density at radius 1 is 1.12 bits per heavy atom. The molecule has 2 aromatic rings. The van der Waals surface area contributed by atoms with E-state index in [2.05, 4.69) is 12.2 Å². The van der Waals surface area contributed by atoms with Gasteiger partial charge in [-0.15, -0.1) is 0 Å². The number of sulfone groups is 1. The van der Waals surface area contributed by atoms with E-state index in [1.807, 2.05) is 30.3 Å². The van der Waals surface area contributed by atoms with Crippen LogP contribution < -0.4 is 5.32 Å². The molecule has 5 nitrogen and oxygen atoms in total. The minimum Gasteiger partial charge on any atom is -0.317 e. The monoisotopic (exact) mass is 344 g/mol.